The predicted octanol–water partition coefficient (Wildman–Crippen LogP) is 0.866. The summed E-state index contributed by atoms with van der Waals surface area (Å²) in [6.07, 6.45) is 0. The molecule has 0 saturated heterocycles. The monoisotopic (exact) mass is 287 g/mol. The summed E-state index contributed by atoms with van der Waals surface area (Å²) in [6, 6.07) is 3.86. The van der Waals surface area contributed by atoms with E-state index in [0.717, 1.165) is 15.1 Å². The van der Waals surface area contributed by atoms with E-state index in [1.807, 2.05) is 29.1 Å². The van der Waals surface area contributed by atoms with Crippen LogP contribution in [0, 0.1) is 6.92 Å². The van der Waals surface area contributed by atoms with Crippen LogP contribution in [0.25, 0.3) is 0 Å². The molecule has 2 aromatic rings. The van der Waals surface area contributed by atoms with Gasteiger partial charge in [-0.2, -0.15) is 0 Å². The van der Waals surface area contributed by atoms with Crippen molar-refractivity contribution in [3.63, 3.8) is 0 Å². The van der Waals surface area contributed by atoms with Gasteiger partial charge in [-0.3, -0.25) is 0 Å². The molecular formula is C10H11N2OSSe+. The molecular weight excluding hydrogens is 275 g/mol. The third-order valence-electron chi connectivity index (χ3n) is 2.20. The van der Waals surface area contributed by atoms with Crippen molar-refractivity contribution in [1.82, 2.24) is 0 Å². The van der Waals surface area contributed by atoms with E-state index in [2.05, 4.69) is 4.94 Å². The van der Waals surface area contributed by atoms with Gasteiger partial charge in [-0.15, -0.1) is 0 Å². The Morgan fingerprint density at radius 1 is 1.67 bits per heavy atom. The summed E-state index contributed by atoms with van der Waals surface area (Å²) in [5.41, 5.74) is 8.61. The molecule has 0 aliphatic carbocycles. The zero-order chi connectivity index (χ0) is 10.8. The number of Topliss-reactive ketones (excluding diaryl/α,β-unsaturated/α-hetero) is 1. The van der Waals surface area contributed by atoms with Gasteiger partial charge in [0.05, 0.1) is 0 Å². The molecule has 2 heterocycles. The Morgan fingerprint density at radius 3 is 3.00 bits per heavy atom. The summed E-state index contributed by atoms with van der Waals surface area (Å²) in [5, 5.41) is 0.784. The number of carbonyl (C=O) groups is 1. The molecule has 78 valence electrons. The van der Waals surface area contributed by atoms with Gasteiger partial charge in [-0.05, 0) is 0 Å². The first-order valence-electron chi connectivity index (χ1n) is 4.48. The molecule has 0 aliphatic heterocycles. The second-order valence-corrected chi connectivity index (χ2v) is 6.08. The van der Waals surface area contributed by atoms with Crippen LogP contribution >= 0.6 is 11.3 Å². The summed E-state index contributed by atoms with van der Waals surface area (Å²) in [7, 11) is 0. The Balaban J connectivity index is 2.16. The number of thiazole rings is 1. The van der Waals surface area contributed by atoms with Crippen LogP contribution in [0.2, 0.25) is 0 Å². The normalized spacial score (nSPS) is 10.5. The van der Waals surface area contributed by atoms with Crippen LogP contribution in [0.5, 0.6) is 0 Å². The Kier molecular flexibility index (Phi) is 3.05. The molecule has 0 unspecified atom stereocenters. The fourth-order valence-electron chi connectivity index (χ4n) is 1.25. The molecule has 0 spiro atoms. The first-order valence-corrected chi connectivity index (χ1v) is 7.20. The summed E-state index contributed by atoms with van der Waals surface area (Å²) in [5.74, 6) is 0.200. The fourth-order valence-corrected chi connectivity index (χ4v) is 3.39. The standard InChI is InChI=1S/C10H11N2OSSe/c1-7-10(11)14-6-12(7)5-8(13)9-3-2-4-15-9/h2-4,6H,5,11H2,1H3/q+1. The molecule has 5 heteroatoms. The van der Waals surface area contributed by atoms with Gasteiger partial charge < -0.3 is 0 Å². The first kappa shape index (κ1) is 10.6. The van der Waals surface area contributed by atoms with Crippen LogP contribution in [-0.2, 0) is 6.54 Å². The van der Waals surface area contributed by atoms with E-state index in [0.29, 0.717) is 6.54 Å². The minimum atomic E-state index is 0.200. The molecule has 0 aliphatic rings. The van der Waals surface area contributed by atoms with Crippen molar-refractivity contribution < 1.29 is 9.36 Å². The summed E-state index contributed by atoms with van der Waals surface area (Å²) in [4.78, 5) is 13.9. The molecule has 0 bridgehead atoms. The van der Waals surface area contributed by atoms with Gasteiger partial charge in [0.25, 0.3) is 0 Å². The molecule has 15 heavy (non-hydrogen) atoms. The number of anilines is 1. The SMILES string of the molecule is Cc1c(N)sc[n+]1CC(=O)c1ccc[se]1. The van der Waals surface area contributed by atoms with Crippen LogP contribution in [-0.4, -0.2) is 20.3 Å². The van der Waals surface area contributed by atoms with E-state index in [1.54, 1.807) is 0 Å². The molecule has 3 nitrogen and oxygen atoms in total. The van der Waals surface area contributed by atoms with Crippen LogP contribution in [0.15, 0.2) is 22.6 Å². The average Bonchev–Trinajstić information content (AvgIpc) is 2.83. The minimum absolute atomic E-state index is 0.200. The topological polar surface area (TPSA) is 47.0 Å². The van der Waals surface area contributed by atoms with Crippen LogP contribution in [0.1, 0.15) is 14.9 Å². The molecule has 0 radical (unpaired) electrons. The van der Waals surface area contributed by atoms with Gasteiger partial charge in [0.2, 0.25) is 0 Å². The van der Waals surface area contributed by atoms with E-state index in [1.165, 1.54) is 11.3 Å². The van der Waals surface area contributed by atoms with Crippen molar-refractivity contribution in [1.29, 1.82) is 0 Å². The number of hydrogen-bond acceptors (Lipinski definition) is 3. The van der Waals surface area contributed by atoms with Crippen LogP contribution in [0.4, 0.5) is 5.00 Å². The predicted molar refractivity (Wildman–Crippen MR) is 61.4 cm³/mol. The molecule has 0 aromatic carbocycles. The van der Waals surface area contributed by atoms with Gasteiger partial charge in [0.1, 0.15) is 0 Å². The summed E-state index contributed by atoms with van der Waals surface area (Å²) >= 11 is 1.70. The fraction of sp³-hybridized carbons (Fsp3) is 0.200. The first-order chi connectivity index (χ1) is 7.18. The van der Waals surface area contributed by atoms with Gasteiger partial charge in [0.15, 0.2) is 0 Å². The summed E-state index contributed by atoms with van der Waals surface area (Å²) < 4.78 is 2.86. The molecule has 2 rings (SSSR count). The second kappa shape index (κ2) is 4.31. The number of nitrogen functional groups attached to an aromatic ring is 1. The Bertz CT molecular complexity index is 476. The zero-order valence-corrected chi connectivity index (χ0v) is 10.8. The molecule has 0 amide bonds. The number of aromatic nitrogens is 1. The maximum absolute atomic E-state index is 11.8. The van der Waals surface area contributed by atoms with Crippen molar-refractivity contribution in [3.05, 3.63) is 32.7 Å². The van der Waals surface area contributed by atoms with Crippen molar-refractivity contribution in [2.45, 2.75) is 13.5 Å². The molecule has 2 aromatic heterocycles. The van der Waals surface area contributed by atoms with Crippen molar-refractivity contribution >= 4 is 36.6 Å². The van der Waals surface area contributed by atoms with Crippen molar-refractivity contribution in [2.24, 2.45) is 0 Å². The van der Waals surface area contributed by atoms with E-state index < -0.39 is 0 Å². The third kappa shape index (κ3) is 2.20. The molecule has 0 saturated carbocycles. The van der Waals surface area contributed by atoms with Gasteiger partial charge in [-0.25, -0.2) is 0 Å². The molecule has 0 fully saturated rings. The number of carbonyl (C=O) groups excluding carboxylic acids is 1. The van der Waals surface area contributed by atoms with Crippen LogP contribution < -0.4 is 10.3 Å². The second-order valence-electron chi connectivity index (χ2n) is 3.20. The van der Waals surface area contributed by atoms with E-state index >= 15 is 0 Å². The van der Waals surface area contributed by atoms with Gasteiger partial charge >= 0.3 is 97.9 Å². The quantitative estimate of drug-likeness (QED) is 0.517. The van der Waals surface area contributed by atoms with E-state index in [9.17, 15) is 4.79 Å². The van der Waals surface area contributed by atoms with Gasteiger partial charge in [-0.1, -0.05) is 0 Å². The number of nitrogens with zero attached hydrogens (tertiary/aromatic N) is 1. The molecule has 0 atom stereocenters. The van der Waals surface area contributed by atoms with Gasteiger partial charge in [0, 0.05) is 0 Å². The van der Waals surface area contributed by atoms with E-state index in [-0.39, 0.29) is 20.3 Å². The number of nitrogens with two attached hydrogens (primary N) is 1. The molecule has 2 N–H and O–H groups in total. The van der Waals surface area contributed by atoms with E-state index in [4.69, 9.17) is 5.73 Å². The Morgan fingerprint density at radius 2 is 2.47 bits per heavy atom. The Hall–Kier alpha value is -0.901. The number of ketones is 1. The Labute approximate surface area is 97.9 Å². The summed E-state index contributed by atoms with van der Waals surface area (Å²) in [6.45, 7) is 2.35. The zero-order valence-electron chi connectivity index (χ0n) is 8.27. The third-order valence-corrected chi connectivity index (χ3v) is 5.02. The van der Waals surface area contributed by atoms with Crippen LogP contribution in [0.3, 0.4) is 0 Å². The van der Waals surface area contributed by atoms with Crippen molar-refractivity contribution in [3.8, 4) is 0 Å². The maximum atomic E-state index is 11.8. The number of hydrogen-bond donors (Lipinski definition) is 1. The number of rotatable bonds is 3. The van der Waals surface area contributed by atoms with Crippen molar-refractivity contribution in [2.75, 3.05) is 5.73 Å². The average molecular weight is 286 g/mol.